The molecule has 1 saturated heterocycles. The van der Waals surface area contributed by atoms with E-state index in [2.05, 4.69) is 5.16 Å². The quantitative estimate of drug-likeness (QED) is 0.565. The van der Waals surface area contributed by atoms with E-state index in [0.29, 0.717) is 36.5 Å². The summed E-state index contributed by atoms with van der Waals surface area (Å²) >= 11 is 0. The average molecular weight is 563 g/mol. The number of fused-ring (bicyclic) bond motifs is 7. The van der Waals surface area contributed by atoms with Crippen LogP contribution < -0.4 is 0 Å². The third kappa shape index (κ3) is 3.68. The summed E-state index contributed by atoms with van der Waals surface area (Å²) in [5, 5.41) is 27.8. The average Bonchev–Trinajstić information content (AvgIpc) is 3.62. The van der Waals surface area contributed by atoms with Gasteiger partial charge >= 0.3 is 0 Å². The minimum atomic E-state index is -1.34. The first-order valence-electron chi connectivity index (χ1n) is 14.5. The summed E-state index contributed by atoms with van der Waals surface area (Å²) < 4.78 is 21.3. The summed E-state index contributed by atoms with van der Waals surface area (Å²) in [5.41, 5.74) is -0.944. The molecule has 9 heteroatoms. The lowest BCUT2D eigenvalue weighted by Crippen LogP contribution is -2.64. The van der Waals surface area contributed by atoms with Crippen molar-refractivity contribution in [3.8, 4) is 11.3 Å². The lowest BCUT2D eigenvalue weighted by molar-refractivity contribution is -0.255. The van der Waals surface area contributed by atoms with E-state index in [1.54, 1.807) is 11.1 Å². The van der Waals surface area contributed by atoms with E-state index in [9.17, 15) is 19.8 Å². The fourth-order valence-corrected chi connectivity index (χ4v) is 9.47. The molecule has 9 atom stereocenters. The number of carbonyl (C=O) groups is 2. The van der Waals surface area contributed by atoms with Gasteiger partial charge in [-0.15, -0.1) is 0 Å². The van der Waals surface area contributed by atoms with Gasteiger partial charge in [-0.3, -0.25) is 14.4 Å². The van der Waals surface area contributed by atoms with Crippen LogP contribution in [0.2, 0.25) is 0 Å². The predicted molar refractivity (Wildman–Crippen MR) is 145 cm³/mol. The summed E-state index contributed by atoms with van der Waals surface area (Å²) in [6.45, 7) is 3.94. The van der Waals surface area contributed by atoms with Crippen molar-refractivity contribution in [2.75, 3.05) is 13.2 Å². The van der Waals surface area contributed by atoms with E-state index in [1.165, 1.54) is 12.2 Å². The lowest BCUT2D eigenvalue weighted by atomic mass is 9.46. The molecule has 216 valence electrons. The summed E-state index contributed by atoms with van der Waals surface area (Å²) in [6.07, 6.45) is 3.57. The van der Waals surface area contributed by atoms with Gasteiger partial charge in [-0.1, -0.05) is 55.4 Å². The van der Waals surface area contributed by atoms with Crippen molar-refractivity contribution in [1.29, 1.82) is 0 Å². The maximum absolute atomic E-state index is 15.8. The molecule has 1 aromatic heterocycles. The van der Waals surface area contributed by atoms with Crippen LogP contribution in [0, 0.1) is 34.5 Å². The number of halogens is 1. The molecule has 2 aromatic rings. The zero-order chi connectivity index (χ0) is 28.7. The van der Waals surface area contributed by atoms with Crippen LogP contribution in [0.15, 0.2) is 64.7 Å². The van der Waals surface area contributed by atoms with Crippen LogP contribution in [0.1, 0.15) is 38.8 Å². The molecular weight excluding hydrogens is 527 g/mol. The Hall–Kier alpha value is -2.98. The number of rotatable bonds is 5. The van der Waals surface area contributed by atoms with E-state index < -0.39 is 41.1 Å². The molecule has 2 N–H and O–H groups in total. The van der Waals surface area contributed by atoms with E-state index in [1.807, 2.05) is 50.2 Å². The van der Waals surface area contributed by atoms with E-state index in [4.69, 9.17) is 9.36 Å². The third-order valence-corrected chi connectivity index (χ3v) is 11.0. The Kier molecular flexibility index (Phi) is 6.07. The van der Waals surface area contributed by atoms with Crippen LogP contribution in [-0.4, -0.2) is 63.0 Å². The van der Waals surface area contributed by atoms with Crippen molar-refractivity contribution in [1.82, 2.24) is 10.2 Å². The minimum absolute atomic E-state index is 0.0991. The number of aliphatic hydroxyl groups is 2. The Morgan fingerprint density at radius 1 is 1.22 bits per heavy atom. The third-order valence-electron chi connectivity index (χ3n) is 11.0. The smallest absolute Gasteiger partial charge is 0.192 e. The molecule has 0 amide bonds. The number of aliphatic hydroxyl groups excluding tert-OH is 2. The van der Waals surface area contributed by atoms with Crippen LogP contribution in [0.4, 0.5) is 4.39 Å². The summed E-state index contributed by atoms with van der Waals surface area (Å²) in [5.74, 6) is -0.845. The van der Waals surface area contributed by atoms with Gasteiger partial charge in [0.15, 0.2) is 22.9 Å². The monoisotopic (exact) mass is 562 g/mol. The Bertz CT molecular complexity index is 1450. The van der Waals surface area contributed by atoms with Gasteiger partial charge in [-0.25, -0.2) is 4.39 Å². The van der Waals surface area contributed by atoms with Gasteiger partial charge in [0.1, 0.15) is 18.5 Å². The zero-order valence-electron chi connectivity index (χ0n) is 23.2. The number of hydroxylamine groups is 2. The highest BCUT2D eigenvalue weighted by Crippen LogP contribution is 2.70. The largest absolute Gasteiger partial charge is 0.393 e. The number of hydrogen-bond acceptors (Lipinski definition) is 8. The number of hydrogen-bond donors (Lipinski definition) is 2. The second-order valence-corrected chi connectivity index (χ2v) is 13.0. The van der Waals surface area contributed by atoms with Gasteiger partial charge in [-0.05, 0) is 48.8 Å². The molecule has 4 aliphatic carbocycles. The molecule has 2 unspecified atom stereocenters. The lowest BCUT2D eigenvalue weighted by Gasteiger charge is -2.60. The van der Waals surface area contributed by atoms with Crippen LogP contribution in [0.3, 0.4) is 0 Å². The number of benzene rings is 1. The van der Waals surface area contributed by atoms with Crippen LogP contribution in [-0.2, 0) is 21.0 Å². The highest BCUT2D eigenvalue weighted by atomic mass is 19.1. The Morgan fingerprint density at radius 3 is 2.76 bits per heavy atom. The van der Waals surface area contributed by atoms with Crippen LogP contribution in [0.5, 0.6) is 0 Å². The van der Waals surface area contributed by atoms with E-state index in [-0.39, 0.29) is 42.3 Å². The van der Waals surface area contributed by atoms with Crippen LogP contribution >= 0.6 is 0 Å². The van der Waals surface area contributed by atoms with Gasteiger partial charge in [0, 0.05) is 40.8 Å². The zero-order valence-corrected chi connectivity index (χ0v) is 23.2. The van der Waals surface area contributed by atoms with Crippen molar-refractivity contribution in [3.05, 3.63) is 65.9 Å². The second-order valence-electron chi connectivity index (χ2n) is 13.0. The Balaban J connectivity index is 1.20. The Morgan fingerprint density at radius 2 is 2.00 bits per heavy atom. The first-order chi connectivity index (χ1) is 19.6. The number of ketones is 2. The highest BCUT2D eigenvalue weighted by molar-refractivity contribution is 6.01. The molecule has 5 aliphatic rings. The Labute approximate surface area is 237 Å². The number of alkyl halides is 1. The summed E-state index contributed by atoms with van der Waals surface area (Å²) in [6, 6.07) is 11.5. The SMILES string of the molecule is C[C@]12C=CC(=O)C=C1[C@@H](F)C[C@@H]1C2[C@@H](O)C[C@@]2(C)C1C[C@H]1CN(Cc3cc(-c4ccccc4)on3)O[C@]12C(=O)CO. The fourth-order valence-electron chi connectivity index (χ4n) is 9.47. The molecule has 1 aliphatic heterocycles. The van der Waals surface area contributed by atoms with Crippen molar-refractivity contribution in [3.63, 3.8) is 0 Å². The molecule has 41 heavy (non-hydrogen) atoms. The van der Waals surface area contributed by atoms with Gasteiger partial charge in [0.25, 0.3) is 0 Å². The van der Waals surface area contributed by atoms with Crippen LogP contribution in [0.25, 0.3) is 11.3 Å². The fraction of sp³-hybridized carbons (Fsp3) is 0.531. The number of nitrogens with zero attached hydrogens (tertiary/aromatic N) is 2. The molecular formula is C32H35FN2O6. The highest BCUT2D eigenvalue weighted by Gasteiger charge is 2.75. The maximum atomic E-state index is 15.8. The first-order valence-corrected chi connectivity index (χ1v) is 14.5. The molecule has 4 fully saturated rings. The summed E-state index contributed by atoms with van der Waals surface area (Å²) in [7, 11) is 0. The number of aromatic nitrogens is 1. The molecule has 3 saturated carbocycles. The summed E-state index contributed by atoms with van der Waals surface area (Å²) in [4.78, 5) is 32.4. The van der Waals surface area contributed by atoms with Crippen molar-refractivity contribution in [2.45, 2.75) is 57.5 Å². The van der Waals surface area contributed by atoms with E-state index >= 15 is 4.39 Å². The molecule has 1 aromatic carbocycles. The molecule has 0 spiro atoms. The standard InChI is InChI=1S/C32H35FN2O6/c1-30-9-8-21(37)12-24(30)25(33)13-22-23-10-19-15-35(16-20-11-27(40-34-20)18-6-4-3-5-7-18)41-32(19,28(39)17-36)31(23,2)14-26(38)29(22)30/h3-9,11-12,19,22-23,25-26,29,36,38H,10,13-17H2,1-2H3/t19-,22-,23?,25-,26-,29?,30-,31-,32-/m0/s1. The number of allylic oxidation sites excluding steroid dienone is 4. The molecule has 2 heterocycles. The first kappa shape index (κ1) is 26.9. The number of carbonyl (C=O) groups excluding carboxylic acids is 2. The van der Waals surface area contributed by atoms with Gasteiger partial charge < -0.3 is 14.7 Å². The molecule has 0 radical (unpaired) electrons. The van der Waals surface area contributed by atoms with Gasteiger partial charge in [0.2, 0.25) is 0 Å². The predicted octanol–water partition coefficient (Wildman–Crippen LogP) is 3.84. The van der Waals surface area contributed by atoms with Crippen molar-refractivity contribution in [2.24, 2.45) is 34.5 Å². The minimum Gasteiger partial charge on any atom is -0.393 e. The normalized spacial score (nSPS) is 41.4. The number of Topliss-reactive ketones (excluding diaryl/α,β-unsaturated/α-hetero) is 1. The maximum Gasteiger partial charge on any atom is 0.192 e. The molecule has 0 bridgehead atoms. The van der Waals surface area contributed by atoms with Gasteiger partial charge in [0.05, 0.1) is 12.6 Å². The molecule has 7 rings (SSSR count). The van der Waals surface area contributed by atoms with Crippen molar-refractivity contribution < 1.29 is 33.6 Å². The second kappa shape index (κ2) is 9.26. The van der Waals surface area contributed by atoms with Crippen molar-refractivity contribution >= 4 is 11.6 Å². The van der Waals surface area contributed by atoms with Gasteiger partial charge in [-0.2, -0.15) is 5.06 Å². The van der Waals surface area contributed by atoms with E-state index in [0.717, 1.165) is 5.56 Å². The topological polar surface area (TPSA) is 113 Å². The molecule has 8 nitrogen and oxygen atoms in total.